The largest absolute Gasteiger partial charge is 0.464 e. The molecule has 0 radical (unpaired) electrons. The molecule has 1 heterocycles. The van der Waals surface area contributed by atoms with Crippen molar-refractivity contribution in [3.05, 3.63) is 29.6 Å². The lowest BCUT2D eigenvalue weighted by atomic mass is 10.3. The molecule has 0 saturated carbocycles. The maximum atomic E-state index is 11.1. The monoisotopic (exact) mass is 204 g/mol. The lowest BCUT2D eigenvalue weighted by Crippen LogP contribution is -2.04. The minimum atomic E-state index is -0.461. The summed E-state index contributed by atoms with van der Waals surface area (Å²) in [4.78, 5) is 15.2. The molecule has 0 atom stereocenters. The Bertz CT molecular complexity index is 405. The van der Waals surface area contributed by atoms with Gasteiger partial charge < -0.3 is 10.5 Å². The molecule has 0 fully saturated rings. The van der Waals surface area contributed by atoms with Crippen LogP contribution in [0, 0.1) is 11.8 Å². The first-order valence-corrected chi connectivity index (χ1v) is 4.52. The van der Waals surface area contributed by atoms with Gasteiger partial charge in [0, 0.05) is 13.0 Å². The van der Waals surface area contributed by atoms with Crippen LogP contribution in [-0.2, 0) is 4.74 Å². The van der Waals surface area contributed by atoms with E-state index in [1.807, 2.05) is 0 Å². The van der Waals surface area contributed by atoms with Crippen molar-refractivity contribution < 1.29 is 9.53 Å². The predicted octanol–water partition coefficient (Wildman–Crippen LogP) is 0.568. The zero-order chi connectivity index (χ0) is 11.1. The Hall–Kier alpha value is -1.86. The standard InChI is InChI=1S/C11H12N2O2/c1-15-11(14)10-7-4-6-9(13-10)5-2-3-8-12/h4,6-7H,3,8,12H2,1H3. The normalized spacial score (nSPS) is 8.93. The first-order valence-electron chi connectivity index (χ1n) is 4.52. The molecule has 0 aliphatic carbocycles. The van der Waals surface area contributed by atoms with Gasteiger partial charge in [-0.05, 0) is 18.1 Å². The number of carbonyl (C=O) groups is 1. The van der Waals surface area contributed by atoms with Crippen LogP contribution in [-0.4, -0.2) is 24.6 Å². The second kappa shape index (κ2) is 5.78. The molecule has 4 heteroatoms. The third kappa shape index (κ3) is 3.41. The number of aromatic nitrogens is 1. The van der Waals surface area contributed by atoms with Gasteiger partial charge in [-0.15, -0.1) is 0 Å². The molecule has 15 heavy (non-hydrogen) atoms. The van der Waals surface area contributed by atoms with E-state index >= 15 is 0 Å². The van der Waals surface area contributed by atoms with Gasteiger partial charge >= 0.3 is 5.97 Å². The molecule has 1 aromatic rings. The smallest absolute Gasteiger partial charge is 0.356 e. The van der Waals surface area contributed by atoms with E-state index in [1.54, 1.807) is 18.2 Å². The van der Waals surface area contributed by atoms with Gasteiger partial charge in [0.05, 0.1) is 7.11 Å². The average molecular weight is 204 g/mol. The number of esters is 1. The summed E-state index contributed by atoms with van der Waals surface area (Å²) in [5.74, 6) is 5.20. The van der Waals surface area contributed by atoms with Gasteiger partial charge in [-0.2, -0.15) is 0 Å². The van der Waals surface area contributed by atoms with Crippen molar-refractivity contribution in [3.8, 4) is 11.8 Å². The Morgan fingerprint density at radius 2 is 2.40 bits per heavy atom. The molecule has 0 amide bonds. The highest BCUT2D eigenvalue weighted by atomic mass is 16.5. The van der Waals surface area contributed by atoms with Gasteiger partial charge in [0.2, 0.25) is 0 Å². The van der Waals surface area contributed by atoms with Gasteiger partial charge in [0.25, 0.3) is 0 Å². The van der Waals surface area contributed by atoms with E-state index in [-0.39, 0.29) is 5.69 Å². The van der Waals surface area contributed by atoms with Gasteiger partial charge in [-0.3, -0.25) is 0 Å². The predicted molar refractivity (Wildman–Crippen MR) is 56.1 cm³/mol. The molecule has 0 aromatic carbocycles. The van der Waals surface area contributed by atoms with E-state index in [1.165, 1.54) is 7.11 Å². The van der Waals surface area contributed by atoms with Gasteiger partial charge in [0.15, 0.2) is 0 Å². The molecule has 0 unspecified atom stereocenters. The number of nitrogens with two attached hydrogens (primary N) is 1. The molecule has 0 bridgehead atoms. The van der Waals surface area contributed by atoms with Crippen molar-refractivity contribution in [2.75, 3.05) is 13.7 Å². The maximum absolute atomic E-state index is 11.1. The van der Waals surface area contributed by atoms with Crippen molar-refractivity contribution in [1.82, 2.24) is 4.98 Å². The highest BCUT2D eigenvalue weighted by Gasteiger charge is 2.05. The summed E-state index contributed by atoms with van der Waals surface area (Å²) in [6.07, 6.45) is 0.615. The summed E-state index contributed by atoms with van der Waals surface area (Å²) in [6.45, 7) is 0.518. The summed E-state index contributed by atoms with van der Waals surface area (Å²) in [6, 6.07) is 5.03. The fraction of sp³-hybridized carbons (Fsp3) is 0.273. The summed E-state index contributed by atoms with van der Waals surface area (Å²) < 4.78 is 4.55. The second-order valence-electron chi connectivity index (χ2n) is 2.74. The van der Waals surface area contributed by atoms with Crippen LogP contribution >= 0.6 is 0 Å². The minimum Gasteiger partial charge on any atom is -0.464 e. The van der Waals surface area contributed by atoms with E-state index in [0.717, 1.165) is 0 Å². The summed E-state index contributed by atoms with van der Waals surface area (Å²) in [7, 11) is 1.32. The first kappa shape index (κ1) is 11.2. The number of pyridine rings is 1. The van der Waals surface area contributed by atoms with E-state index < -0.39 is 5.97 Å². The van der Waals surface area contributed by atoms with Crippen molar-refractivity contribution in [3.63, 3.8) is 0 Å². The van der Waals surface area contributed by atoms with Crippen molar-refractivity contribution in [2.45, 2.75) is 6.42 Å². The lowest BCUT2D eigenvalue weighted by Gasteiger charge is -1.97. The third-order valence-electron chi connectivity index (χ3n) is 1.63. The second-order valence-corrected chi connectivity index (χ2v) is 2.74. The first-order chi connectivity index (χ1) is 7.27. The molecule has 4 nitrogen and oxygen atoms in total. The van der Waals surface area contributed by atoms with Crippen LogP contribution in [0.5, 0.6) is 0 Å². The zero-order valence-electron chi connectivity index (χ0n) is 8.49. The summed E-state index contributed by atoms with van der Waals surface area (Å²) >= 11 is 0. The molecule has 0 spiro atoms. The Kier molecular flexibility index (Phi) is 4.32. The number of rotatable bonds is 2. The Morgan fingerprint density at radius 3 is 3.07 bits per heavy atom. The van der Waals surface area contributed by atoms with Gasteiger partial charge in [0.1, 0.15) is 11.4 Å². The lowest BCUT2D eigenvalue weighted by molar-refractivity contribution is 0.0594. The SMILES string of the molecule is COC(=O)c1cccc(C#CCCN)n1. The molecule has 0 saturated heterocycles. The zero-order valence-corrected chi connectivity index (χ0v) is 8.49. The average Bonchev–Trinajstić information content (AvgIpc) is 2.29. The summed E-state index contributed by atoms with van der Waals surface area (Å²) in [5, 5.41) is 0. The number of methoxy groups -OCH3 is 1. The van der Waals surface area contributed by atoms with E-state index in [4.69, 9.17) is 5.73 Å². The molecule has 78 valence electrons. The molecule has 0 aliphatic rings. The molecule has 1 aromatic heterocycles. The Morgan fingerprint density at radius 1 is 1.60 bits per heavy atom. The highest BCUT2D eigenvalue weighted by molar-refractivity contribution is 5.87. The van der Waals surface area contributed by atoms with Crippen LogP contribution in [0.15, 0.2) is 18.2 Å². The fourth-order valence-corrected chi connectivity index (χ4v) is 0.948. The number of nitrogens with zero attached hydrogens (tertiary/aromatic N) is 1. The number of hydrogen-bond acceptors (Lipinski definition) is 4. The van der Waals surface area contributed by atoms with Crippen LogP contribution in [0.4, 0.5) is 0 Å². The van der Waals surface area contributed by atoms with Crippen molar-refractivity contribution >= 4 is 5.97 Å². The van der Waals surface area contributed by atoms with Crippen LogP contribution in [0.1, 0.15) is 22.6 Å². The topological polar surface area (TPSA) is 65.2 Å². The van der Waals surface area contributed by atoms with E-state index in [2.05, 4.69) is 21.6 Å². The fourth-order valence-electron chi connectivity index (χ4n) is 0.948. The van der Waals surface area contributed by atoms with E-state index in [0.29, 0.717) is 18.7 Å². The van der Waals surface area contributed by atoms with Crippen LogP contribution < -0.4 is 5.73 Å². The Labute approximate surface area is 88.5 Å². The molecular formula is C11H12N2O2. The molecule has 0 aliphatic heterocycles. The van der Waals surface area contributed by atoms with E-state index in [9.17, 15) is 4.79 Å². The van der Waals surface area contributed by atoms with Crippen LogP contribution in [0.2, 0.25) is 0 Å². The molecule has 1 rings (SSSR count). The minimum absolute atomic E-state index is 0.261. The maximum Gasteiger partial charge on any atom is 0.356 e. The summed E-state index contributed by atoms with van der Waals surface area (Å²) in [5.41, 5.74) is 6.10. The number of carbonyl (C=O) groups excluding carboxylic acids is 1. The quantitative estimate of drug-likeness (QED) is 0.565. The molecular weight excluding hydrogens is 192 g/mol. The number of ether oxygens (including phenoxy) is 1. The van der Waals surface area contributed by atoms with Crippen LogP contribution in [0.25, 0.3) is 0 Å². The van der Waals surface area contributed by atoms with Crippen molar-refractivity contribution in [2.24, 2.45) is 5.73 Å². The van der Waals surface area contributed by atoms with Crippen LogP contribution in [0.3, 0.4) is 0 Å². The van der Waals surface area contributed by atoms with Crippen molar-refractivity contribution in [1.29, 1.82) is 0 Å². The molecule has 2 N–H and O–H groups in total. The van der Waals surface area contributed by atoms with Gasteiger partial charge in [-0.1, -0.05) is 12.0 Å². The van der Waals surface area contributed by atoms with Gasteiger partial charge in [-0.25, -0.2) is 9.78 Å². The third-order valence-corrected chi connectivity index (χ3v) is 1.63. The Balaban J connectivity index is 2.84. The number of hydrogen-bond donors (Lipinski definition) is 1. The highest BCUT2D eigenvalue weighted by Crippen LogP contribution is 1.99.